The van der Waals surface area contributed by atoms with Crippen LogP contribution in [0.2, 0.25) is 0 Å². The second-order valence-electron chi connectivity index (χ2n) is 6.02. The van der Waals surface area contributed by atoms with E-state index in [1.807, 2.05) is 13.8 Å². The molecule has 112 valence electrons. The average Bonchev–Trinajstić information content (AvgIpc) is 2.25. The molecule has 2 rings (SSSR count). The number of hydrogen-bond acceptors (Lipinski definition) is 3. The molecule has 4 nitrogen and oxygen atoms in total. The lowest BCUT2D eigenvalue weighted by atomic mass is 10.0. The summed E-state index contributed by atoms with van der Waals surface area (Å²) in [4.78, 5) is 0.233. The monoisotopic (exact) mass is 300 g/mol. The van der Waals surface area contributed by atoms with Gasteiger partial charge in [-0.05, 0) is 51.0 Å². The van der Waals surface area contributed by atoms with Gasteiger partial charge in [0.15, 0.2) is 0 Å². The Morgan fingerprint density at radius 2 is 1.80 bits per heavy atom. The van der Waals surface area contributed by atoms with Crippen LogP contribution >= 0.6 is 0 Å². The van der Waals surface area contributed by atoms with Crippen molar-refractivity contribution in [3.8, 4) is 0 Å². The van der Waals surface area contributed by atoms with Crippen LogP contribution in [-0.2, 0) is 10.0 Å². The number of benzene rings is 1. The van der Waals surface area contributed by atoms with E-state index in [9.17, 15) is 12.8 Å². The van der Waals surface area contributed by atoms with Crippen LogP contribution in [0.5, 0.6) is 0 Å². The summed E-state index contributed by atoms with van der Waals surface area (Å²) in [5, 5.41) is 3.28. The van der Waals surface area contributed by atoms with Gasteiger partial charge in [0.1, 0.15) is 5.82 Å². The maximum absolute atomic E-state index is 13.3. The molecule has 0 aromatic heterocycles. The second-order valence-corrected chi connectivity index (χ2v) is 7.89. The Morgan fingerprint density at radius 3 is 2.30 bits per heavy atom. The van der Waals surface area contributed by atoms with Crippen LogP contribution < -0.4 is 5.32 Å². The first-order valence-corrected chi connectivity index (χ1v) is 8.09. The van der Waals surface area contributed by atoms with Gasteiger partial charge in [0.05, 0.1) is 4.90 Å². The Labute approximate surface area is 120 Å². The van der Waals surface area contributed by atoms with Gasteiger partial charge in [-0.2, -0.15) is 4.31 Å². The van der Waals surface area contributed by atoms with Crippen LogP contribution in [0.25, 0.3) is 0 Å². The highest BCUT2D eigenvalue weighted by molar-refractivity contribution is 7.89. The molecular formula is C14H21FN2O2S. The van der Waals surface area contributed by atoms with Crippen LogP contribution in [0.3, 0.4) is 0 Å². The van der Waals surface area contributed by atoms with Crippen molar-refractivity contribution in [1.29, 1.82) is 0 Å². The predicted molar refractivity (Wildman–Crippen MR) is 76.7 cm³/mol. The summed E-state index contributed by atoms with van der Waals surface area (Å²) in [5.74, 6) is -0.403. The smallest absolute Gasteiger partial charge is 0.243 e. The van der Waals surface area contributed by atoms with Gasteiger partial charge in [0.2, 0.25) is 10.0 Å². The zero-order valence-corrected chi connectivity index (χ0v) is 13.1. The van der Waals surface area contributed by atoms with Gasteiger partial charge < -0.3 is 5.32 Å². The maximum atomic E-state index is 13.3. The molecule has 0 amide bonds. The van der Waals surface area contributed by atoms with E-state index in [1.165, 1.54) is 16.4 Å². The minimum absolute atomic E-state index is 0.233. The Balaban J connectivity index is 2.46. The van der Waals surface area contributed by atoms with E-state index in [0.29, 0.717) is 30.8 Å². The van der Waals surface area contributed by atoms with Crippen molar-refractivity contribution in [3.63, 3.8) is 0 Å². The fourth-order valence-electron chi connectivity index (χ4n) is 2.73. The fraction of sp³-hybridized carbons (Fsp3) is 0.571. The highest BCUT2D eigenvalue weighted by atomic mass is 32.2. The molecule has 1 aliphatic heterocycles. The Bertz CT molecular complexity index is 603. The third-order valence-electron chi connectivity index (χ3n) is 3.56. The van der Waals surface area contributed by atoms with Crippen LogP contribution in [0.1, 0.15) is 25.0 Å². The van der Waals surface area contributed by atoms with Gasteiger partial charge in [0.25, 0.3) is 0 Å². The standard InChI is InChI=1S/C14H21FN2O2S/c1-10-7-12(15)8-11(2)13(10)20(18,19)17-6-5-16-14(3,4)9-17/h7-8,16H,5-6,9H2,1-4H3. The maximum Gasteiger partial charge on any atom is 0.243 e. The predicted octanol–water partition coefficient (Wildman–Crippen LogP) is 1.82. The lowest BCUT2D eigenvalue weighted by molar-refractivity contribution is 0.233. The van der Waals surface area contributed by atoms with Crippen molar-refractivity contribution in [2.75, 3.05) is 19.6 Å². The lowest BCUT2D eigenvalue weighted by Gasteiger charge is -2.38. The third kappa shape index (κ3) is 2.87. The Kier molecular flexibility index (Phi) is 3.92. The molecule has 1 aliphatic rings. The molecule has 1 saturated heterocycles. The highest BCUT2D eigenvalue weighted by Crippen LogP contribution is 2.26. The highest BCUT2D eigenvalue weighted by Gasteiger charge is 2.35. The normalized spacial score (nSPS) is 20.1. The van der Waals surface area contributed by atoms with E-state index in [0.717, 1.165) is 0 Å². The number of rotatable bonds is 2. The summed E-state index contributed by atoms with van der Waals surface area (Å²) in [6.07, 6.45) is 0. The molecule has 1 fully saturated rings. The quantitative estimate of drug-likeness (QED) is 0.906. The van der Waals surface area contributed by atoms with Crippen molar-refractivity contribution in [1.82, 2.24) is 9.62 Å². The zero-order chi connectivity index (χ0) is 15.1. The molecule has 0 unspecified atom stereocenters. The Hall–Kier alpha value is -0.980. The van der Waals surface area contributed by atoms with Gasteiger partial charge in [-0.15, -0.1) is 0 Å². The van der Waals surface area contributed by atoms with Crippen molar-refractivity contribution in [2.45, 2.75) is 38.1 Å². The molecule has 0 spiro atoms. The number of nitrogens with zero attached hydrogens (tertiary/aromatic N) is 1. The summed E-state index contributed by atoms with van der Waals surface area (Å²) < 4.78 is 40.4. The zero-order valence-electron chi connectivity index (χ0n) is 12.3. The van der Waals surface area contributed by atoms with E-state index < -0.39 is 15.8 Å². The number of nitrogens with one attached hydrogen (secondary N) is 1. The molecule has 0 radical (unpaired) electrons. The van der Waals surface area contributed by atoms with E-state index in [1.54, 1.807) is 13.8 Å². The van der Waals surface area contributed by atoms with E-state index >= 15 is 0 Å². The van der Waals surface area contributed by atoms with E-state index in [-0.39, 0.29) is 10.4 Å². The molecule has 1 N–H and O–H groups in total. The molecule has 0 saturated carbocycles. The summed E-state index contributed by atoms with van der Waals surface area (Å²) in [6.45, 7) is 8.67. The molecule has 0 bridgehead atoms. The van der Waals surface area contributed by atoms with Gasteiger partial charge >= 0.3 is 0 Å². The van der Waals surface area contributed by atoms with Gasteiger partial charge in [-0.1, -0.05) is 0 Å². The second kappa shape index (κ2) is 5.09. The van der Waals surface area contributed by atoms with E-state index in [4.69, 9.17) is 0 Å². The van der Waals surface area contributed by atoms with Gasteiger partial charge in [-0.25, -0.2) is 12.8 Å². The third-order valence-corrected chi connectivity index (χ3v) is 5.71. The summed E-state index contributed by atoms with van der Waals surface area (Å²) in [6, 6.07) is 2.54. The molecule has 0 aliphatic carbocycles. The number of piperazine rings is 1. The molecule has 0 atom stereocenters. The molecule has 1 aromatic rings. The molecule has 1 heterocycles. The largest absolute Gasteiger partial charge is 0.309 e. The minimum Gasteiger partial charge on any atom is -0.309 e. The van der Waals surface area contributed by atoms with Crippen LogP contribution in [0, 0.1) is 19.7 Å². The first kappa shape index (κ1) is 15.4. The number of halogens is 1. The summed E-state index contributed by atoms with van der Waals surface area (Å²) in [5.41, 5.74) is 0.658. The number of hydrogen-bond donors (Lipinski definition) is 1. The minimum atomic E-state index is -3.58. The first-order chi connectivity index (χ1) is 9.13. The van der Waals surface area contributed by atoms with Gasteiger partial charge in [0, 0.05) is 25.2 Å². The average molecular weight is 300 g/mol. The Morgan fingerprint density at radius 1 is 1.25 bits per heavy atom. The SMILES string of the molecule is Cc1cc(F)cc(C)c1S(=O)(=O)N1CCNC(C)(C)C1. The van der Waals surface area contributed by atoms with Crippen molar-refractivity contribution < 1.29 is 12.8 Å². The van der Waals surface area contributed by atoms with Gasteiger partial charge in [-0.3, -0.25) is 0 Å². The topological polar surface area (TPSA) is 49.4 Å². The molecular weight excluding hydrogens is 279 g/mol. The van der Waals surface area contributed by atoms with E-state index in [2.05, 4.69) is 5.32 Å². The van der Waals surface area contributed by atoms with Crippen LogP contribution in [0.15, 0.2) is 17.0 Å². The molecule has 1 aromatic carbocycles. The van der Waals surface area contributed by atoms with Crippen molar-refractivity contribution >= 4 is 10.0 Å². The van der Waals surface area contributed by atoms with Crippen LogP contribution in [-0.4, -0.2) is 37.9 Å². The van der Waals surface area contributed by atoms with Crippen molar-refractivity contribution in [3.05, 3.63) is 29.1 Å². The number of sulfonamides is 1. The van der Waals surface area contributed by atoms with Crippen LogP contribution in [0.4, 0.5) is 4.39 Å². The van der Waals surface area contributed by atoms with Crippen molar-refractivity contribution in [2.24, 2.45) is 0 Å². The first-order valence-electron chi connectivity index (χ1n) is 6.65. The molecule has 6 heteroatoms. The number of aryl methyl sites for hydroxylation is 2. The lowest BCUT2D eigenvalue weighted by Crippen LogP contribution is -2.58. The summed E-state index contributed by atoms with van der Waals surface area (Å²) in [7, 11) is -3.58. The summed E-state index contributed by atoms with van der Waals surface area (Å²) >= 11 is 0. The fourth-order valence-corrected chi connectivity index (χ4v) is 4.75. The molecule has 20 heavy (non-hydrogen) atoms.